The molecule has 4 nitrogen and oxygen atoms in total. The number of fused-ring (bicyclic) bond motifs is 1. The Balaban J connectivity index is 1.88. The monoisotopic (exact) mass is 361 g/mol. The lowest BCUT2D eigenvalue weighted by Crippen LogP contribution is -2.29. The van der Waals surface area contributed by atoms with Gasteiger partial charge < -0.3 is 9.47 Å². The van der Waals surface area contributed by atoms with Gasteiger partial charge in [-0.2, -0.15) is 13.2 Å². The van der Waals surface area contributed by atoms with E-state index in [1.54, 1.807) is 22.8 Å². The van der Waals surface area contributed by atoms with Gasteiger partial charge in [-0.15, -0.1) is 0 Å². The first kappa shape index (κ1) is 18.0. The highest BCUT2D eigenvalue weighted by Crippen LogP contribution is 2.31. The molecule has 7 heteroatoms. The molecule has 2 aromatic carbocycles. The molecule has 0 atom stereocenters. The van der Waals surface area contributed by atoms with Crippen LogP contribution in [0.25, 0.3) is 22.2 Å². The van der Waals surface area contributed by atoms with Gasteiger partial charge in [-0.1, -0.05) is 18.2 Å². The Morgan fingerprint density at radius 2 is 1.77 bits per heavy atom. The van der Waals surface area contributed by atoms with Crippen molar-refractivity contribution in [3.8, 4) is 11.1 Å². The molecule has 0 bridgehead atoms. The standard InChI is InChI=1S/C19H18F3N3O/c1-3-24(2)18(26)11-25-12-23-16-10-14(6-9-17(16)25)13-4-7-15(8-5-13)19(20,21)22/h4-10,12H,3,11H2,1-2H3. The lowest BCUT2D eigenvalue weighted by molar-refractivity contribution is -0.137. The molecule has 0 spiro atoms. The number of carbonyl (C=O) groups is 1. The molecule has 0 aliphatic rings. The van der Waals surface area contributed by atoms with E-state index in [-0.39, 0.29) is 12.5 Å². The SMILES string of the molecule is CCN(C)C(=O)Cn1cnc2cc(-c3ccc(C(F)(F)F)cc3)ccc21. The summed E-state index contributed by atoms with van der Waals surface area (Å²) in [4.78, 5) is 18.0. The van der Waals surface area contributed by atoms with Gasteiger partial charge in [0.05, 0.1) is 22.9 Å². The molecule has 3 rings (SSSR count). The van der Waals surface area contributed by atoms with Crippen molar-refractivity contribution in [3.63, 3.8) is 0 Å². The molecular weight excluding hydrogens is 343 g/mol. The number of imidazole rings is 1. The van der Waals surface area contributed by atoms with Crippen molar-refractivity contribution < 1.29 is 18.0 Å². The summed E-state index contributed by atoms with van der Waals surface area (Å²) >= 11 is 0. The molecule has 1 heterocycles. The summed E-state index contributed by atoms with van der Waals surface area (Å²) in [6.45, 7) is 2.73. The van der Waals surface area contributed by atoms with Crippen molar-refractivity contribution in [3.05, 3.63) is 54.4 Å². The zero-order valence-corrected chi connectivity index (χ0v) is 14.4. The first-order valence-electron chi connectivity index (χ1n) is 8.16. The predicted octanol–water partition coefficient (Wildman–Crippen LogP) is 4.20. The molecule has 0 N–H and O–H groups in total. The van der Waals surface area contributed by atoms with Gasteiger partial charge in [-0.3, -0.25) is 4.79 Å². The maximum absolute atomic E-state index is 12.7. The highest BCUT2D eigenvalue weighted by molar-refractivity contribution is 5.84. The number of aromatic nitrogens is 2. The number of hydrogen-bond acceptors (Lipinski definition) is 2. The van der Waals surface area contributed by atoms with Crippen molar-refractivity contribution in [2.75, 3.05) is 13.6 Å². The van der Waals surface area contributed by atoms with Gasteiger partial charge in [0.15, 0.2) is 0 Å². The van der Waals surface area contributed by atoms with E-state index in [0.29, 0.717) is 17.6 Å². The van der Waals surface area contributed by atoms with Crippen LogP contribution in [-0.4, -0.2) is 34.0 Å². The quantitative estimate of drug-likeness (QED) is 0.699. The summed E-state index contributed by atoms with van der Waals surface area (Å²) in [7, 11) is 1.74. The molecule has 3 aromatic rings. The average Bonchev–Trinajstić information content (AvgIpc) is 3.02. The molecule has 1 aromatic heterocycles. The highest BCUT2D eigenvalue weighted by atomic mass is 19.4. The summed E-state index contributed by atoms with van der Waals surface area (Å²) in [5, 5.41) is 0. The first-order chi connectivity index (χ1) is 12.3. The minimum absolute atomic E-state index is 0.0152. The Hall–Kier alpha value is -2.83. The molecule has 136 valence electrons. The fourth-order valence-corrected chi connectivity index (χ4v) is 2.66. The van der Waals surface area contributed by atoms with Gasteiger partial charge in [-0.25, -0.2) is 4.98 Å². The van der Waals surface area contributed by atoms with Crippen LogP contribution >= 0.6 is 0 Å². The molecule has 0 aliphatic heterocycles. The molecule has 0 radical (unpaired) electrons. The number of benzene rings is 2. The Bertz CT molecular complexity index is 929. The van der Waals surface area contributed by atoms with Crippen molar-refractivity contribution in [1.82, 2.24) is 14.5 Å². The lowest BCUT2D eigenvalue weighted by Gasteiger charge is -2.15. The summed E-state index contributed by atoms with van der Waals surface area (Å²) in [6.07, 6.45) is -2.75. The molecule has 0 saturated carbocycles. The van der Waals surface area contributed by atoms with Gasteiger partial charge in [0.1, 0.15) is 6.54 Å². The normalized spacial score (nSPS) is 11.7. The zero-order valence-electron chi connectivity index (χ0n) is 14.4. The van der Waals surface area contributed by atoms with Gasteiger partial charge in [0, 0.05) is 13.6 Å². The minimum atomic E-state index is -4.35. The third-order valence-corrected chi connectivity index (χ3v) is 4.37. The number of amides is 1. The Labute approximate surface area is 148 Å². The van der Waals surface area contributed by atoms with Gasteiger partial charge in [-0.05, 0) is 42.3 Å². The molecule has 0 saturated heterocycles. The van der Waals surface area contributed by atoms with Crippen LogP contribution in [0.15, 0.2) is 48.8 Å². The maximum atomic E-state index is 12.7. The van der Waals surface area contributed by atoms with E-state index in [4.69, 9.17) is 0 Å². The number of halogens is 3. The molecule has 26 heavy (non-hydrogen) atoms. The number of likely N-dealkylation sites (N-methyl/N-ethyl adjacent to an activating group) is 1. The van der Waals surface area contributed by atoms with Crippen LogP contribution in [0, 0.1) is 0 Å². The van der Waals surface area contributed by atoms with E-state index in [1.807, 2.05) is 25.1 Å². The summed E-state index contributed by atoms with van der Waals surface area (Å²) < 4.78 is 39.8. The first-order valence-corrected chi connectivity index (χ1v) is 8.16. The third-order valence-electron chi connectivity index (χ3n) is 4.37. The van der Waals surface area contributed by atoms with Crippen LogP contribution in [0.5, 0.6) is 0 Å². The van der Waals surface area contributed by atoms with Gasteiger partial charge >= 0.3 is 6.18 Å². The van der Waals surface area contributed by atoms with Crippen LogP contribution < -0.4 is 0 Å². The lowest BCUT2D eigenvalue weighted by atomic mass is 10.0. The van der Waals surface area contributed by atoms with E-state index in [0.717, 1.165) is 23.2 Å². The van der Waals surface area contributed by atoms with E-state index in [2.05, 4.69) is 4.98 Å². The topological polar surface area (TPSA) is 38.1 Å². The largest absolute Gasteiger partial charge is 0.416 e. The van der Waals surface area contributed by atoms with Crippen LogP contribution in [0.2, 0.25) is 0 Å². The third kappa shape index (κ3) is 3.56. The number of rotatable bonds is 4. The van der Waals surface area contributed by atoms with E-state index in [9.17, 15) is 18.0 Å². The summed E-state index contributed by atoms with van der Waals surface area (Å²) in [5.41, 5.74) is 2.27. The van der Waals surface area contributed by atoms with Crippen molar-refractivity contribution in [1.29, 1.82) is 0 Å². The van der Waals surface area contributed by atoms with E-state index in [1.165, 1.54) is 12.1 Å². The summed E-state index contributed by atoms with van der Waals surface area (Å²) in [5.74, 6) is -0.0152. The second-order valence-electron chi connectivity index (χ2n) is 6.06. The number of alkyl halides is 3. The molecular formula is C19H18F3N3O. The smallest absolute Gasteiger partial charge is 0.344 e. The van der Waals surface area contributed by atoms with E-state index < -0.39 is 11.7 Å². The fourth-order valence-electron chi connectivity index (χ4n) is 2.66. The predicted molar refractivity (Wildman–Crippen MR) is 93.5 cm³/mol. The Morgan fingerprint density at radius 3 is 2.38 bits per heavy atom. The average molecular weight is 361 g/mol. The second kappa shape index (κ2) is 6.82. The van der Waals surface area contributed by atoms with Crippen LogP contribution in [0.4, 0.5) is 13.2 Å². The van der Waals surface area contributed by atoms with Gasteiger partial charge in [0.2, 0.25) is 5.91 Å². The fraction of sp³-hybridized carbons (Fsp3) is 0.263. The molecule has 0 aliphatic carbocycles. The number of hydrogen-bond donors (Lipinski definition) is 0. The summed E-state index contributed by atoms with van der Waals surface area (Å²) in [6, 6.07) is 10.5. The van der Waals surface area contributed by atoms with Crippen molar-refractivity contribution in [2.24, 2.45) is 0 Å². The van der Waals surface area contributed by atoms with Crippen molar-refractivity contribution in [2.45, 2.75) is 19.6 Å². The Morgan fingerprint density at radius 1 is 1.12 bits per heavy atom. The minimum Gasteiger partial charge on any atom is -0.344 e. The second-order valence-corrected chi connectivity index (χ2v) is 6.06. The Kier molecular flexibility index (Phi) is 4.71. The molecule has 0 fully saturated rings. The zero-order chi connectivity index (χ0) is 18.9. The number of nitrogens with zero attached hydrogens (tertiary/aromatic N) is 3. The highest BCUT2D eigenvalue weighted by Gasteiger charge is 2.29. The molecule has 0 unspecified atom stereocenters. The van der Waals surface area contributed by atoms with Crippen LogP contribution in [-0.2, 0) is 17.5 Å². The van der Waals surface area contributed by atoms with Crippen LogP contribution in [0.3, 0.4) is 0 Å². The molecule has 1 amide bonds. The van der Waals surface area contributed by atoms with E-state index >= 15 is 0 Å². The van der Waals surface area contributed by atoms with Crippen molar-refractivity contribution >= 4 is 16.9 Å². The van der Waals surface area contributed by atoms with Gasteiger partial charge in [0.25, 0.3) is 0 Å². The maximum Gasteiger partial charge on any atom is 0.416 e. The van der Waals surface area contributed by atoms with Crippen LogP contribution in [0.1, 0.15) is 12.5 Å². The number of carbonyl (C=O) groups excluding carboxylic acids is 1.